The molecule has 0 aliphatic heterocycles. The normalized spacial score (nSPS) is 12.7. The minimum atomic E-state index is -0.229. The van der Waals surface area contributed by atoms with E-state index < -0.39 is 0 Å². The highest BCUT2D eigenvalue weighted by Gasteiger charge is 2.18. The number of carbonyl (C=O) groups excluding carboxylic acids is 1. The lowest BCUT2D eigenvalue weighted by molar-refractivity contribution is -0.132. The summed E-state index contributed by atoms with van der Waals surface area (Å²) in [7, 11) is 4.04. The third-order valence-electron chi connectivity index (χ3n) is 3.38. The van der Waals surface area contributed by atoms with Crippen LogP contribution in [-0.4, -0.2) is 49.4 Å². The molecule has 0 saturated carbocycles. The molecule has 118 valence electrons. The summed E-state index contributed by atoms with van der Waals surface area (Å²) in [5, 5.41) is 0. The molecule has 4 nitrogen and oxygen atoms in total. The first kappa shape index (κ1) is 17.7. The van der Waals surface area contributed by atoms with Gasteiger partial charge in [-0.1, -0.05) is 44.2 Å². The highest BCUT2D eigenvalue weighted by atomic mass is 16.2. The average Bonchev–Trinajstić information content (AvgIpc) is 2.43. The smallest absolute Gasteiger partial charge is 0.224 e. The number of hydrogen-bond donors (Lipinski definition) is 1. The van der Waals surface area contributed by atoms with E-state index in [4.69, 9.17) is 5.73 Å². The van der Waals surface area contributed by atoms with E-state index in [1.807, 2.05) is 49.3 Å². The monoisotopic (exact) mass is 291 g/mol. The molecule has 0 fully saturated rings. The molecule has 0 saturated heterocycles. The highest BCUT2D eigenvalue weighted by Crippen LogP contribution is 2.15. The number of rotatable bonds is 8. The van der Waals surface area contributed by atoms with Crippen molar-refractivity contribution >= 4 is 5.91 Å². The van der Waals surface area contributed by atoms with Crippen LogP contribution in [0.1, 0.15) is 31.9 Å². The molecule has 1 amide bonds. The lowest BCUT2D eigenvalue weighted by Gasteiger charge is -2.27. The van der Waals surface area contributed by atoms with Gasteiger partial charge < -0.3 is 15.5 Å². The lowest BCUT2D eigenvalue weighted by Crippen LogP contribution is -2.40. The van der Waals surface area contributed by atoms with Crippen LogP contribution in [0.4, 0.5) is 0 Å². The Kier molecular flexibility index (Phi) is 7.40. The Morgan fingerprint density at radius 3 is 2.29 bits per heavy atom. The Bertz CT molecular complexity index is 417. The quantitative estimate of drug-likeness (QED) is 0.798. The van der Waals surface area contributed by atoms with E-state index in [9.17, 15) is 4.79 Å². The average molecular weight is 291 g/mol. The predicted molar refractivity (Wildman–Crippen MR) is 88.0 cm³/mol. The van der Waals surface area contributed by atoms with E-state index in [-0.39, 0.29) is 11.9 Å². The minimum absolute atomic E-state index is 0.141. The van der Waals surface area contributed by atoms with Crippen molar-refractivity contribution in [1.29, 1.82) is 0 Å². The minimum Gasteiger partial charge on any atom is -0.341 e. The van der Waals surface area contributed by atoms with Crippen LogP contribution in [0.3, 0.4) is 0 Å². The Balaban J connectivity index is 2.62. The van der Waals surface area contributed by atoms with E-state index >= 15 is 0 Å². The second-order valence-corrected chi connectivity index (χ2v) is 6.26. The van der Waals surface area contributed by atoms with Gasteiger partial charge in [-0.3, -0.25) is 4.79 Å². The molecule has 1 aromatic rings. The van der Waals surface area contributed by atoms with Gasteiger partial charge in [-0.15, -0.1) is 0 Å². The fourth-order valence-electron chi connectivity index (χ4n) is 2.21. The Labute approximate surface area is 128 Å². The highest BCUT2D eigenvalue weighted by molar-refractivity contribution is 5.77. The van der Waals surface area contributed by atoms with Gasteiger partial charge in [0.25, 0.3) is 0 Å². The maximum absolute atomic E-state index is 12.5. The van der Waals surface area contributed by atoms with Crippen LogP contribution in [0.25, 0.3) is 0 Å². The zero-order valence-electron chi connectivity index (χ0n) is 13.7. The summed E-state index contributed by atoms with van der Waals surface area (Å²) >= 11 is 0. The molecular weight excluding hydrogens is 262 g/mol. The van der Waals surface area contributed by atoms with Gasteiger partial charge in [-0.2, -0.15) is 0 Å². The SMILES string of the molecule is CC(C)CN(CCN(C)C)C(=O)CC(N)c1ccccc1. The number of nitrogens with two attached hydrogens (primary N) is 1. The topological polar surface area (TPSA) is 49.6 Å². The molecule has 0 aromatic heterocycles. The summed E-state index contributed by atoms with van der Waals surface area (Å²) in [6.07, 6.45) is 0.365. The van der Waals surface area contributed by atoms with Gasteiger partial charge in [0, 0.05) is 32.1 Å². The molecule has 4 heteroatoms. The second kappa shape index (κ2) is 8.80. The van der Waals surface area contributed by atoms with E-state index in [0.29, 0.717) is 12.3 Å². The molecule has 0 heterocycles. The summed E-state index contributed by atoms with van der Waals surface area (Å²) in [4.78, 5) is 16.5. The number of benzene rings is 1. The van der Waals surface area contributed by atoms with Crippen molar-refractivity contribution in [2.75, 3.05) is 33.7 Å². The number of carbonyl (C=O) groups is 1. The first-order chi connectivity index (χ1) is 9.90. The van der Waals surface area contributed by atoms with Crippen molar-refractivity contribution in [3.8, 4) is 0 Å². The molecular formula is C17H29N3O. The van der Waals surface area contributed by atoms with Gasteiger partial charge in [0.05, 0.1) is 0 Å². The van der Waals surface area contributed by atoms with Crippen molar-refractivity contribution in [1.82, 2.24) is 9.80 Å². The van der Waals surface area contributed by atoms with Crippen molar-refractivity contribution in [2.24, 2.45) is 11.7 Å². The summed E-state index contributed by atoms with van der Waals surface area (Å²) in [5.74, 6) is 0.603. The first-order valence-corrected chi connectivity index (χ1v) is 7.63. The molecule has 0 radical (unpaired) electrons. The molecule has 0 bridgehead atoms. The molecule has 1 rings (SSSR count). The maximum atomic E-state index is 12.5. The lowest BCUT2D eigenvalue weighted by atomic mass is 10.0. The number of amides is 1. The Hall–Kier alpha value is -1.39. The Morgan fingerprint density at radius 1 is 1.14 bits per heavy atom. The van der Waals surface area contributed by atoms with Crippen molar-refractivity contribution < 1.29 is 4.79 Å². The van der Waals surface area contributed by atoms with Crippen molar-refractivity contribution in [3.63, 3.8) is 0 Å². The third-order valence-corrected chi connectivity index (χ3v) is 3.38. The standard InChI is InChI=1S/C17H29N3O/c1-14(2)13-20(11-10-19(3)4)17(21)12-16(18)15-8-6-5-7-9-15/h5-9,14,16H,10-13,18H2,1-4H3. The van der Waals surface area contributed by atoms with Gasteiger partial charge in [-0.05, 0) is 25.6 Å². The maximum Gasteiger partial charge on any atom is 0.224 e. The van der Waals surface area contributed by atoms with Crippen molar-refractivity contribution in [3.05, 3.63) is 35.9 Å². The van der Waals surface area contributed by atoms with Gasteiger partial charge in [0.15, 0.2) is 0 Å². The fraction of sp³-hybridized carbons (Fsp3) is 0.588. The second-order valence-electron chi connectivity index (χ2n) is 6.26. The van der Waals surface area contributed by atoms with E-state index in [1.54, 1.807) is 0 Å². The molecule has 0 spiro atoms. The first-order valence-electron chi connectivity index (χ1n) is 7.63. The van der Waals surface area contributed by atoms with E-state index in [1.165, 1.54) is 0 Å². The molecule has 21 heavy (non-hydrogen) atoms. The van der Waals surface area contributed by atoms with Crippen LogP contribution >= 0.6 is 0 Å². The fourth-order valence-corrected chi connectivity index (χ4v) is 2.21. The predicted octanol–water partition coefficient (Wildman–Crippen LogP) is 2.12. The summed E-state index contributed by atoms with van der Waals surface area (Å²) < 4.78 is 0. The zero-order valence-corrected chi connectivity index (χ0v) is 13.7. The molecule has 1 unspecified atom stereocenters. The van der Waals surface area contributed by atoms with Gasteiger partial charge in [0.2, 0.25) is 5.91 Å². The molecule has 0 aliphatic carbocycles. The number of nitrogens with zero attached hydrogens (tertiary/aromatic N) is 2. The molecule has 0 aliphatic rings. The van der Waals surface area contributed by atoms with Crippen LogP contribution < -0.4 is 5.73 Å². The van der Waals surface area contributed by atoms with Crippen molar-refractivity contribution in [2.45, 2.75) is 26.3 Å². The van der Waals surface area contributed by atoms with Crippen LogP contribution in [0.15, 0.2) is 30.3 Å². The molecule has 1 atom stereocenters. The van der Waals surface area contributed by atoms with Gasteiger partial charge in [0.1, 0.15) is 0 Å². The van der Waals surface area contributed by atoms with Crippen LogP contribution in [-0.2, 0) is 4.79 Å². The van der Waals surface area contributed by atoms with Crippen LogP contribution in [0.2, 0.25) is 0 Å². The van der Waals surface area contributed by atoms with E-state index in [0.717, 1.165) is 25.2 Å². The van der Waals surface area contributed by atoms with Gasteiger partial charge >= 0.3 is 0 Å². The number of likely N-dealkylation sites (N-methyl/N-ethyl adjacent to an activating group) is 1. The zero-order chi connectivity index (χ0) is 15.8. The third kappa shape index (κ3) is 6.74. The van der Waals surface area contributed by atoms with Crippen LogP contribution in [0, 0.1) is 5.92 Å². The van der Waals surface area contributed by atoms with Gasteiger partial charge in [-0.25, -0.2) is 0 Å². The number of hydrogen-bond acceptors (Lipinski definition) is 3. The molecule has 2 N–H and O–H groups in total. The molecule has 1 aromatic carbocycles. The largest absolute Gasteiger partial charge is 0.341 e. The summed E-state index contributed by atoms with van der Waals surface area (Å²) in [6.45, 7) is 6.68. The van der Waals surface area contributed by atoms with Crippen LogP contribution in [0.5, 0.6) is 0 Å². The van der Waals surface area contributed by atoms with E-state index in [2.05, 4.69) is 18.7 Å². The Morgan fingerprint density at radius 2 is 1.76 bits per heavy atom. The summed E-state index contributed by atoms with van der Waals surface area (Å²) in [6, 6.07) is 9.59. The summed E-state index contributed by atoms with van der Waals surface area (Å²) in [5.41, 5.74) is 7.18.